The van der Waals surface area contributed by atoms with Gasteiger partial charge in [0.25, 0.3) is 0 Å². The summed E-state index contributed by atoms with van der Waals surface area (Å²) in [5, 5.41) is 0. The van der Waals surface area contributed by atoms with Gasteiger partial charge in [0.1, 0.15) is 5.82 Å². The second-order valence-corrected chi connectivity index (χ2v) is 5.98. The van der Waals surface area contributed by atoms with Gasteiger partial charge < -0.3 is 10.5 Å². The van der Waals surface area contributed by atoms with E-state index in [4.69, 9.17) is 10.5 Å². The fourth-order valence-electron chi connectivity index (χ4n) is 2.47. The molecular weight excluding hydrogens is 229 g/mol. The molecule has 3 heteroatoms. The highest BCUT2D eigenvalue weighted by Gasteiger charge is 2.27. The highest BCUT2D eigenvalue weighted by atomic mass is 19.1. The zero-order valence-corrected chi connectivity index (χ0v) is 11.2. The van der Waals surface area contributed by atoms with Gasteiger partial charge in [-0.2, -0.15) is 0 Å². The van der Waals surface area contributed by atoms with Crippen molar-refractivity contribution < 1.29 is 9.13 Å². The van der Waals surface area contributed by atoms with Crippen LogP contribution in [-0.4, -0.2) is 6.10 Å². The number of anilines is 1. The third kappa shape index (κ3) is 3.22. The molecule has 1 aromatic carbocycles. The number of rotatable bonds is 3. The van der Waals surface area contributed by atoms with Crippen LogP contribution in [0.15, 0.2) is 18.2 Å². The molecule has 100 valence electrons. The highest BCUT2D eigenvalue weighted by Crippen LogP contribution is 2.36. The molecule has 0 saturated heterocycles. The molecule has 2 N–H and O–H groups in total. The van der Waals surface area contributed by atoms with Gasteiger partial charge in [0.05, 0.1) is 12.7 Å². The van der Waals surface area contributed by atoms with Crippen molar-refractivity contribution in [2.45, 2.75) is 52.2 Å². The Balaban J connectivity index is 1.89. The lowest BCUT2D eigenvalue weighted by atomic mass is 9.76. The van der Waals surface area contributed by atoms with Gasteiger partial charge in [-0.25, -0.2) is 4.39 Å². The minimum Gasteiger partial charge on any atom is -0.398 e. The summed E-state index contributed by atoms with van der Waals surface area (Å²) in [4.78, 5) is 0. The number of ether oxygens (including phenoxy) is 1. The lowest BCUT2D eigenvalue weighted by molar-refractivity contribution is -0.00635. The topological polar surface area (TPSA) is 35.2 Å². The van der Waals surface area contributed by atoms with Crippen LogP contribution in [0.5, 0.6) is 0 Å². The third-order valence-corrected chi connectivity index (χ3v) is 3.90. The summed E-state index contributed by atoms with van der Waals surface area (Å²) >= 11 is 0. The Morgan fingerprint density at radius 3 is 2.61 bits per heavy atom. The Kier molecular flexibility index (Phi) is 3.91. The smallest absolute Gasteiger partial charge is 0.130 e. The molecule has 0 radical (unpaired) electrons. The lowest BCUT2D eigenvalue weighted by Crippen LogP contribution is -2.26. The van der Waals surface area contributed by atoms with Crippen molar-refractivity contribution in [1.29, 1.82) is 0 Å². The Hall–Kier alpha value is -1.09. The maximum absolute atomic E-state index is 13.6. The molecule has 0 aromatic heterocycles. The van der Waals surface area contributed by atoms with E-state index in [0.29, 0.717) is 16.7 Å². The maximum Gasteiger partial charge on any atom is 0.130 e. The van der Waals surface area contributed by atoms with E-state index in [2.05, 4.69) is 13.8 Å². The maximum atomic E-state index is 13.6. The third-order valence-electron chi connectivity index (χ3n) is 3.90. The first-order valence-electron chi connectivity index (χ1n) is 6.62. The SMILES string of the molecule is CC1(C)CCC(OCc2c(N)cccc2F)CC1. The van der Waals surface area contributed by atoms with Crippen LogP contribution in [0.2, 0.25) is 0 Å². The van der Waals surface area contributed by atoms with Crippen LogP contribution in [0, 0.1) is 11.2 Å². The molecular formula is C15H22FNO. The molecule has 2 nitrogen and oxygen atoms in total. The monoisotopic (exact) mass is 251 g/mol. The van der Waals surface area contributed by atoms with Crippen LogP contribution in [0.1, 0.15) is 45.1 Å². The van der Waals surface area contributed by atoms with Crippen molar-refractivity contribution in [3.63, 3.8) is 0 Å². The second-order valence-electron chi connectivity index (χ2n) is 5.98. The predicted molar refractivity (Wildman–Crippen MR) is 71.6 cm³/mol. The van der Waals surface area contributed by atoms with Crippen molar-refractivity contribution in [2.75, 3.05) is 5.73 Å². The molecule has 0 amide bonds. The van der Waals surface area contributed by atoms with Crippen molar-refractivity contribution in [2.24, 2.45) is 5.41 Å². The Bertz CT molecular complexity index is 387. The van der Waals surface area contributed by atoms with Gasteiger partial charge in [0.2, 0.25) is 0 Å². The molecule has 1 saturated carbocycles. The first-order chi connectivity index (χ1) is 8.48. The fraction of sp³-hybridized carbons (Fsp3) is 0.600. The minimum atomic E-state index is -0.272. The minimum absolute atomic E-state index is 0.247. The summed E-state index contributed by atoms with van der Waals surface area (Å²) in [6.45, 7) is 4.86. The Morgan fingerprint density at radius 1 is 1.33 bits per heavy atom. The molecule has 1 aliphatic rings. The Labute approximate surface area is 108 Å². The van der Waals surface area contributed by atoms with Gasteiger partial charge in [0.15, 0.2) is 0 Å². The summed E-state index contributed by atoms with van der Waals surface area (Å²) in [5.74, 6) is -0.272. The molecule has 0 atom stereocenters. The summed E-state index contributed by atoms with van der Waals surface area (Å²) in [5.41, 5.74) is 7.15. The van der Waals surface area contributed by atoms with E-state index >= 15 is 0 Å². The number of benzene rings is 1. The molecule has 0 bridgehead atoms. The summed E-state index contributed by atoms with van der Waals surface area (Å²) in [6.07, 6.45) is 4.70. The quantitative estimate of drug-likeness (QED) is 0.827. The summed E-state index contributed by atoms with van der Waals surface area (Å²) < 4.78 is 19.4. The van der Waals surface area contributed by atoms with E-state index in [-0.39, 0.29) is 18.5 Å². The number of nitrogen functional groups attached to an aromatic ring is 1. The molecule has 18 heavy (non-hydrogen) atoms. The van der Waals surface area contributed by atoms with E-state index < -0.39 is 0 Å². The van der Waals surface area contributed by atoms with E-state index in [0.717, 1.165) is 12.8 Å². The molecule has 1 aromatic rings. The van der Waals surface area contributed by atoms with Crippen LogP contribution >= 0.6 is 0 Å². The largest absolute Gasteiger partial charge is 0.398 e. The van der Waals surface area contributed by atoms with Crippen LogP contribution < -0.4 is 5.73 Å². The molecule has 1 fully saturated rings. The van der Waals surface area contributed by atoms with Crippen molar-refractivity contribution >= 4 is 5.69 Å². The Morgan fingerprint density at radius 2 is 2.00 bits per heavy atom. The average molecular weight is 251 g/mol. The number of halogens is 1. The first kappa shape index (κ1) is 13.3. The zero-order chi connectivity index (χ0) is 13.2. The van der Waals surface area contributed by atoms with Crippen molar-refractivity contribution in [3.05, 3.63) is 29.6 Å². The van der Waals surface area contributed by atoms with Crippen molar-refractivity contribution in [3.8, 4) is 0 Å². The van der Waals surface area contributed by atoms with E-state index in [1.807, 2.05) is 0 Å². The standard InChI is InChI=1S/C15H22FNO/c1-15(2)8-6-11(7-9-15)18-10-12-13(16)4-3-5-14(12)17/h3-5,11H,6-10,17H2,1-2H3. The number of nitrogens with two attached hydrogens (primary N) is 1. The van der Waals surface area contributed by atoms with Crippen LogP contribution in [-0.2, 0) is 11.3 Å². The second kappa shape index (κ2) is 5.27. The van der Waals surface area contributed by atoms with Gasteiger partial charge in [0, 0.05) is 11.3 Å². The fourth-order valence-corrected chi connectivity index (χ4v) is 2.47. The van der Waals surface area contributed by atoms with Gasteiger partial charge in [-0.05, 0) is 43.2 Å². The van der Waals surface area contributed by atoms with Crippen LogP contribution in [0.3, 0.4) is 0 Å². The number of hydrogen-bond donors (Lipinski definition) is 1. The molecule has 1 aliphatic carbocycles. The van der Waals surface area contributed by atoms with E-state index in [1.54, 1.807) is 12.1 Å². The highest BCUT2D eigenvalue weighted by molar-refractivity contribution is 5.46. The van der Waals surface area contributed by atoms with Gasteiger partial charge >= 0.3 is 0 Å². The average Bonchev–Trinajstić information content (AvgIpc) is 2.30. The predicted octanol–water partition coefficient (Wildman–Crippen LogP) is 3.89. The van der Waals surface area contributed by atoms with E-state index in [9.17, 15) is 4.39 Å². The molecule has 0 aliphatic heterocycles. The molecule has 0 spiro atoms. The van der Waals surface area contributed by atoms with Gasteiger partial charge in [-0.3, -0.25) is 0 Å². The summed E-state index contributed by atoms with van der Waals surface area (Å²) in [6, 6.07) is 4.77. The van der Waals surface area contributed by atoms with Crippen LogP contribution in [0.4, 0.5) is 10.1 Å². The van der Waals surface area contributed by atoms with Crippen molar-refractivity contribution in [1.82, 2.24) is 0 Å². The molecule has 2 rings (SSSR count). The van der Waals surface area contributed by atoms with E-state index in [1.165, 1.54) is 18.9 Å². The van der Waals surface area contributed by atoms with Crippen LogP contribution in [0.25, 0.3) is 0 Å². The first-order valence-corrected chi connectivity index (χ1v) is 6.62. The lowest BCUT2D eigenvalue weighted by Gasteiger charge is -2.34. The molecule has 0 heterocycles. The van der Waals surface area contributed by atoms with Gasteiger partial charge in [-0.1, -0.05) is 19.9 Å². The molecule has 0 unspecified atom stereocenters. The summed E-state index contributed by atoms with van der Waals surface area (Å²) in [7, 11) is 0. The van der Waals surface area contributed by atoms with Gasteiger partial charge in [-0.15, -0.1) is 0 Å². The number of hydrogen-bond acceptors (Lipinski definition) is 2. The zero-order valence-electron chi connectivity index (χ0n) is 11.2. The normalized spacial score (nSPS) is 19.9.